The van der Waals surface area contributed by atoms with Crippen LogP contribution >= 0.6 is 15.9 Å². The Balaban J connectivity index is 1.90. The number of anilines is 1. The fourth-order valence-corrected chi connectivity index (χ4v) is 2.54. The molecule has 0 bridgehead atoms. The Kier molecular flexibility index (Phi) is 4.08. The van der Waals surface area contributed by atoms with Crippen molar-refractivity contribution < 1.29 is 9.59 Å². The van der Waals surface area contributed by atoms with E-state index in [1.54, 1.807) is 36.7 Å². The Bertz CT molecular complexity index is 913. The van der Waals surface area contributed by atoms with Gasteiger partial charge in [0, 0.05) is 33.5 Å². The third-order valence-corrected chi connectivity index (χ3v) is 3.73. The highest BCUT2D eigenvalue weighted by atomic mass is 79.9. The van der Waals surface area contributed by atoms with Gasteiger partial charge in [0.25, 0.3) is 5.91 Å². The van der Waals surface area contributed by atoms with Gasteiger partial charge in [-0.05, 0) is 58.4 Å². The van der Waals surface area contributed by atoms with E-state index in [1.807, 2.05) is 12.1 Å². The van der Waals surface area contributed by atoms with Crippen LogP contribution in [0.4, 0.5) is 5.69 Å². The van der Waals surface area contributed by atoms with Crippen molar-refractivity contribution in [1.82, 2.24) is 9.55 Å². The second kappa shape index (κ2) is 6.18. The zero-order valence-corrected chi connectivity index (χ0v) is 13.6. The average Bonchev–Trinajstić information content (AvgIpc) is 2.97. The van der Waals surface area contributed by atoms with E-state index in [9.17, 15) is 9.59 Å². The first-order valence-electron chi connectivity index (χ1n) is 6.79. The first-order valence-corrected chi connectivity index (χ1v) is 7.58. The Morgan fingerprint density at radius 3 is 2.65 bits per heavy atom. The molecule has 0 saturated heterocycles. The van der Waals surface area contributed by atoms with Crippen molar-refractivity contribution >= 4 is 44.5 Å². The highest BCUT2D eigenvalue weighted by Gasteiger charge is 2.12. The lowest BCUT2D eigenvalue weighted by Gasteiger charge is -2.06. The second-order valence-corrected chi connectivity index (χ2v) is 5.74. The summed E-state index contributed by atoms with van der Waals surface area (Å²) in [6.45, 7) is 3.39. The lowest BCUT2D eigenvalue weighted by atomic mass is 10.2. The summed E-state index contributed by atoms with van der Waals surface area (Å²) in [6, 6.07) is 10.4. The molecule has 1 amide bonds. The maximum Gasteiger partial charge on any atom is 0.263 e. The predicted molar refractivity (Wildman–Crippen MR) is 92.4 cm³/mol. The molecule has 23 heavy (non-hydrogen) atoms. The second-order valence-electron chi connectivity index (χ2n) is 4.83. The van der Waals surface area contributed by atoms with Crippen LogP contribution in [0, 0.1) is 0 Å². The maximum absolute atomic E-state index is 12.6. The standard InChI is InChI=1S/C17H12BrN3O2/c1-2-15(22)20-14-5-3-11(4-6-14)17(23)21-8-7-12-9-13(18)10-19-16(12)21/h2-10H,1H2,(H,20,22). The fourth-order valence-electron chi connectivity index (χ4n) is 2.19. The van der Waals surface area contributed by atoms with Crippen LogP contribution in [0.15, 0.2) is 65.9 Å². The highest BCUT2D eigenvalue weighted by molar-refractivity contribution is 9.10. The molecule has 2 heterocycles. The van der Waals surface area contributed by atoms with Crippen molar-refractivity contribution in [3.63, 3.8) is 0 Å². The molecule has 0 spiro atoms. The number of hydrogen-bond donors (Lipinski definition) is 1. The molecule has 0 unspecified atom stereocenters. The SMILES string of the molecule is C=CC(=O)Nc1ccc(C(=O)n2ccc3cc(Br)cnc32)cc1. The summed E-state index contributed by atoms with van der Waals surface area (Å²) >= 11 is 3.36. The van der Waals surface area contributed by atoms with Gasteiger partial charge in [-0.25, -0.2) is 4.98 Å². The van der Waals surface area contributed by atoms with E-state index in [1.165, 1.54) is 10.6 Å². The number of rotatable bonds is 3. The zero-order valence-electron chi connectivity index (χ0n) is 12.0. The largest absolute Gasteiger partial charge is 0.323 e. The van der Waals surface area contributed by atoms with E-state index in [4.69, 9.17) is 0 Å². The van der Waals surface area contributed by atoms with E-state index >= 15 is 0 Å². The van der Waals surface area contributed by atoms with Gasteiger partial charge in [-0.1, -0.05) is 6.58 Å². The Morgan fingerprint density at radius 2 is 1.96 bits per heavy atom. The summed E-state index contributed by atoms with van der Waals surface area (Å²) < 4.78 is 2.36. The average molecular weight is 370 g/mol. The summed E-state index contributed by atoms with van der Waals surface area (Å²) in [4.78, 5) is 28.1. The van der Waals surface area contributed by atoms with Crippen molar-refractivity contribution in [2.45, 2.75) is 0 Å². The molecule has 0 radical (unpaired) electrons. The van der Waals surface area contributed by atoms with E-state index in [0.717, 1.165) is 9.86 Å². The predicted octanol–water partition coefficient (Wildman–Crippen LogP) is 3.61. The number of benzene rings is 1. The van der Waals surface area contributed by atoms with Crippen LogP contribution in [-0.4, -0.2) is 21.4 Å². The monoisotopic (exact) mass is 369 g/mol. The molecule has 6 heteroatoms. The first-order chi connectivity index (χ1) is 11.1. The summed E-state index contributed by atoms with van der Waals surface area (Å²) in [7, 11) is 0. The topological polar surface area (TPSA) is 64.0 Å². The van der Waals surface area contributed by atoms with Gasteiger partial charge >= 0.3 is 0 Å². The molecule has 0 fully saturated rings. The molecule has 0 atom stereocenters. The number of fused-ring (bicyclic) bond motifs is 1. The third-order valence-electron chi connectivity index (χ3n) is 3.30. The van der Waals surface area contributed by atoms with Gasteiger partial charge in [0.05, 0.1) is 0 Å². The van der Waals surface area contributed by atoms with Crippen LogP contribution in [-0.2, 0) is 4.79 Å². The van der Waals surface area contributed by atoms with Crippen LogP contribution in [0.3, 0.4) is 0 Å². The van der Waals surface area contributed by atoms with E-state index in [0.29, 0.717) is 16.9 Å². The lowest BCUT2D eigenvalue weighted by Crippen LogP contribution is -2.12. The minimum atomic E-state index is -0.296. The normalized spacial score (nSPS) is 10.5. The molecule has 5 nitrogen and oxygen atoms in total. The number of aromatic nitrogens is 2. The van der Waals surface area contributed by atoms with Crippen molar-refractivity contribution in [3.05, 3.63) is 71.5 Å². The van der Waals surface area contributed by atoms with Gasteiger partial charge < -0.3 is 5.32 Å². The molecule has 0 saturated carbocycles. The number of carbonyl (C=O) groups excluding carboxylic acids is 2. The van der Waals surface area contributed by atoms with E-state index < -0.39 is 0 Å². The fraction of sp³-hybridized carbons (Fsp3) is 0. The zero-order chi connectivity index (χ0) is 16.4. The number of carbonyl (C=O) groups is 2. The molecule has 3 rings (SSSR count). The first kappa shape index (κ1) is 15.2. The highest BCUT2D eigenvalue weighted by Crippen LogP contribution is 2.20. The van der Waals surface area contributed by atoms with Gasteiger partial charge in [0.2, 0.25) is 5.91 Å². The number of amides is 1. The number of pyridine rings is 1. The van der Waals surface area contributed by atoms with Crippen LogP contribution in [0.25, 0.3) is 11.0 Å². The molecule has 0 aliphatic carbocycles. The molecule has 0 aliphatic rings. The molecule has 114 valence electrons. The quantitative estimate of drug-likeness (QED) is 0.717. The minimum Gasteiger partial charge on any atom is -0.323 e. The summed E-state index contributed by atoms with van der Waals surface area (Å²) in [5, 5.41) is 3.51. The summed E-state index contributed by atoms with van der Waals surface area (Å²) in [5.74, 6) is -0.480. The van der Waals surface area contributed by atoms with E-state index in [2.05, 4.69) is 32.8 Å². The number of nitrogens with one attached hydrogen (secondary N) is 1. The summed E-state index contributed by atoms with van der Waals surface area (Å²) in [5.41, 5.74) is 1.71. The van der Waals surface area contributed by atoms with Gasteiger partial charge in [-0.15, -0.1) is 0 Å². The molecule has 1 aromatic carbocycles. The van der Waals surface area contributed by atoms with Crippen LogP contribution in [0.2, 0.25) is 0 Å². The third kappa shape index (κ3) is 3.07. The maximum atomic E-state index is 12.6. The van der Waals surface area contributed by atoms with Crippen molar-refractivity contribution in [2.24, 2.45) is 0 Å². The van der Waals surface area contributed by atoms with Crippen LogP contribution in [0.1, 0.15) is 10.4 Å². The molecule has 2 aromatic heterocycles. The Labute approximate surface area is 140 Å². The van der Waals surface area contributed by atoms with Crippen molar-refractivity contribution in [2.75, 3.05) is 5.32 Å². The lowest BCUT2D eigenvalue weighted by molar-refractivity contribution is -0.111. The van der Waals surface area contributed by atoms with Crippen LogP contribution in [0.5, 0.6) is 0 Å². The van der Waals surface area contributed by atoms with Gasteiger partial charge in [-0.2, -0.15) is 0 Å². The molecular formula is C17H12BrN3O2. The van der Waals surface area contributed by atoms with Gasteiger partial charge in [-0.3, -0.25) is 14.2 Å². The van der Waals surface area contributed by atoms with E-state index in [-0.39, 0.29) is 11.8 Å². The molecular weight excluding hydrogens is 358 g/mol. The van der Waals surface area contributed by atoms with Gasteiger partial charge in [0.15, 0.2) is 0 Å². The Hall–Kier alpha value is -2.73. The molecule has 1 N–H and O–H groups in total. The van der Waals surface area contributed by atoms with Gasteiger partial charge in [0.1, 0.15) is 5.65 Å². The smallest absolute Gasteiger partial charge is 0.263 e. The number of halogens is 1. The van der Waals surface area contributed by atoms with Crippen molar-refractivity contribution in [3.8, 4) is 0 Å². The van der Waals surface area contributed by atoms with Crippen molar-refractivity contribution in [1.29, 1.82) is 0 Å². The summed E-state index contributed by atoms with van der Waals surface area (Å²) in [6.07, 6.45) is 4.54. The number of hydrogen-bond acceptors (Lipinski definition) is 3. The Morgan fingerprint density at radius 1 is 1.22 bits per heavy atom. The molecule has 0 aliphatic heterocycles. The minimum absolute atomic E-state index is 0.184. The molecule has 3 aromatic rings. The number of nitrogens with zero attached hydrogens (tertiary/aromatic N) is 2. The van der Waals surface area contributed by atoms with Crippen LogP contribution < -0.4 is 5.32 Å².